The lowest BCUT2D eigenvalue weighted by Crippen LogP contribution is -2.56. The van der Waals surface area contributed by atoms with Gasteiger partial charge in [-0.25, -0.2) is 4.79 Å². The predicted octanol–water partition coefficient (Wildman–Crippen LogP) is 2.77. The van der Waals surface area contributed by atoms with Gasteiger partial charge in [0.05, 0.1) is 9.30 Å². The van der Waals surface area contributed by atoms with Crippen molar-refractivity contribution in [2.24, 2.45) is 11.3 Å². The maximum atomic E-state index is 13.1. The summed E-state index contributed by atoms with van der Waals surface area (Å²) in [5.41, 5.74) is -3.24. The number of rotatable bonds is 4. The molecule has 0 atom stereocenters. The fraction of sp³-hybridized carbons (Fsp3) is 0.905. The lowest BCUT2D eigenvalue weighted by atomic mass is 9.64. The van der Waals surface area contributed by atoms with Gasteiger partial charge in [0, 0.05) is 47.0 Å². The predicted molar refractivity (Wildman–Crippen MR) is 103 cm³/mol. The van der Waals surface area contributed by atoms with E-state index in [4.69, 9.17) is 19.2 Å². The van der Waals surface area contributed by atoms with Crippen molar-refractivity contribution < 1.29 is 33.5 Å². The number of amides is 2. The van der Waals surface area contributed by atoms with Crippen LogP contribution in [0.15, 0.2) is 0 Å². The summed E-state index contributed by atoms with van der Waals surface area (Å²) in [6.45, 7) is -7.98. The third-order valence-electron chi connectivity index (χ3n) is 6.40. The highest BCUT2D eigenvalue weighted by molar-refractivity contribution is 5.79. The van der Waals surface area contributed by atoms with Crippen LogP contribution in [0.3, 0.4) is 0 Å². The molecule has 2 aliphatic carbocycles. The second-order valence-electron chi connectivity index (χ2n) is 8.13. The Labute approximate surface area is 182 Å². The Morgan fingerprint density at radius 1 is 1.30 bits per heavy atom. The Morgan fingerprint density at radius 2 is 2.07 bits per heavy atom. The topological polar surface area (TPSA) is 61.9 Å². The van der Waals surface area contributed by atoms with Crippen LogP contribution in [0.5, 0.6) is 0 Å². The van der Waals surface area contributed by atoms with Crippen LogP contribution in [0, 0.1) is 11.3 Å². The number of ether oxygens (including phenoxy) is 1. The monoisotopic (exact) mass is 391 g/mol. The van der Waals surface area contributed by atoms with E-state index in [1.54, 1.807) is 0 Å². The van der Waals surface area contributed by atoms with E-state index in [0.29, 0.717) is 45.4 Å². The average molecular weight is 392 g/mol. The van der Waals surface area contributed by atoms with Crippen LogP contribution in [0.2, 0.25) is 0 Å². The summed E-state index contributed by atoms with van der Waals surface area (Å²) in [5.74, 6) is -1.53. The number of piperidine rings is 1. The van der Waals surface area contributed by atoms with Gasteiger partial charge in [0.2, 0.25) is 5.91 Å². The Kier molecular flexibility index (Phi) is 2.31. The van der Waals surface area contributed by atoms with Gasteiger partial charge < -0.3 is 19.9 Å². The summed E-state index contributed by atoms with van der Waals surface area (Å²) in [7, 11) is 0. The van der Waals surface area contributed by atoms with Crippen molar-refractivity contribution in [1.82, 2.24) is 15.1 Å². The average Bonchev–Trinajstić information content (AvgIpc) is 3.25. The molecule has 0 bridgehead atoms. The van der Waals surface area contributed by atoms with Crippen molar-refractivity contribution in [2.45, 2.75) is 76.5 Å². The minimum Gasteiger partial charge on any atom is -0.450 e. The molecule has 4 fully saturated rings. The second-order valence-corrected chi connectivity index (χ2v) is 8.13. The summed E-state index contributed by atoms with van der Waals surface area (Å²) >= 11 is 0. The molecule has 27 heavy (non-hydrogen) atoms. The molecule has 2 aliphatic heterocycles. The molecule has 4 rings (SSSR count). The Balaban J connectivity index is 1.30. The summed E-state index contributed by atoms with van der Waals surface area (Å²) < 4.78 is 113. The molecular formula is C21H35N3O3. The first-order chi connectivity index (χ1) is 18.4. The zero-order valence-corrected chi connectivity index (χ0v) is 15.1. The van der Waals surface area contributed by atoms with Crippen LogP contribution in [0.4, 0.5) is 4.79 Å². The summed E-state index contributed by atoms with van der Waals surface area (Å²) in [5, 5.41) is 2.11. The third-order valence-corrected chi connectivity index (χ3v) is 6.40. The van der Waals surface area contributed by atoms with Gasteiger partial charge in [-0.1, -0.05) is 0 Å². The molecule has 1 spiro atoms. The highest BCUT2D eigenvalue weighted by atomic mass is 16.6. The fourth-order valence-corrected chi connectivity index (χ4v) is 4.79. The molecule has 0 aromatic carbocycles. The SMILES string of the molecule is [2H]C([2H])([2H])C([2H])([2H])OC(=O)N1CCC2(CC(N3CCC(C(=O)NC4(C([2H])([2H])[2H])C([2H])([2H])C([2H])([2H])C4([2H])[2H])CC3)C2)C1. The first-order valence-electron chi connectivity index (χ1n) is 16.4. The summed E-state index contributed by atoms with van der Waals surface area (Å²) in [6, 6.07) is 0.152. The van der Waals surface area contributed by atoms with Crippen LogP contribution in [0.25, 0.3) is 0 Å². The first kappa shape index (κ1) is 8.60. The zero-order valence-electron chi connectivity index (χ0n) is 29.1. The quantitative estimate of drug-likeness (QED) is 0.800. The number of carbonyl (C=O) groups is 2. The van der Waals surface area contributed by atoms with Crippen molar-refractivity contribution in [2.75, 3.05) is 32.7 Å². The van der Waals surface area contributed by atoms with E-state index in [2.05, 4.69) is 15.0 Å². The van der Waals surface area contributed by atoms with E-state index < -0.39 is 62.8 Å². The van der Waals surface area contributed by atoms with Crippen molar-refractivity contribution in [3.63, 3.8) is 0 Å². The molecule has 0 aromatic rings. The number of nitrogens with zero attached hydrogens (tertiary/aromatic N) is 2. The number of hydrogen-bond acceptors (Lipinski definition) is 4. The Bertz CT molecular complexity index is 1040. The number of likely N-dealkylation sites (tertiary alicyclic amines) is 2. The highest BCUT2D eigenvalue weighted by Gasteiger charge is 2.51. The molecule has 2 saturated carbocycles. The molecule has 6 nitrogen and oxygen atoms in total. The van der Waals surface area contributed by atoms with Crippen molar-refractivity contribution in [1.29, 1.82) is 0 Å². The van der Waals surface area contributed by atoms with Crippen LogP contribution in [-0.2, 0) is 9.53 Å². The maximum absolute atomic E-state index is 13.1. The lowest BCUT2D eigenvalue weighted by Gasteiger charge is -2.51. The Morgan fingerprint density at radius 3 is 2.78 bits per heavy atom. The third kappa shape index (κ3) is 3.82. The minimum atomic E-state index is -3.35. The van der Waals surface area contributed by atoms with Crippen molar-refractivity contribution in [3.8, 4) is 0 Å². The highest BCUT2D eigenvalue weighted by Crippen LogP contribution is 2.50. The van der Waals surface area contributed by atoms with Gasteiger partial charge >= 0.3 is 6.09 Å². The molecule has 2 amide bonds. The zero-order chi connectivity index (χ0) is 31.2. The Hall–Kier alpha value is -1.30. The van der Waals surface area contributed by atoms with E-state index in [1.165, 1.54) is 4.90 Å². The molecule has 0 unspecified atom stereocenters. The summed E-state index contributed by atoms with van der Waals surface area (Å²) in [4.78, 5) is 29.0. The number of nitrogens with one attached hydrogen (secondary N) is 1. The standard InChI is InChI=1S/C21H35N3O3/c1-3-27-19(26)24-12-9-21(15-24)13-17(14-21)23-10-5-16(6-11-23)18(25)22-20(2)7-4-8-20/h16-17H,3-15H2,1-2H3,(H,22,25)/i1D3,2D3,3D2,4D2,7D2,8D2. The first-order valence-corrected chi connectivity index (χ1v) is 9.40. The normalized spacial score (nSPS) is 42.6. The number of hydrogen-bond donors (Lipinski definition) is 1. The van der Waals surface area contributed by atoms with E-state index in [-0.39, 0.29) is 11.5 Å². The molecule has 2 saturated heterocycles. The van der Waals surface area contributed by atoms with Crippen molar-refractivity contribution in [3.05, 3.63) is 0 Å². The fourth-order valence-electron chi connectivity index (χ4n) is 4.79. The van der Waals surface area contributed by atoms with Gasteiger partial charge in [-0.15, -0.1) is 0 Å². The van der Waals surface area contributed by atoms with E-state index in [1.807, 2.05) is 0 Å². The van der Waals surface area contributed by atoms with Crippen molar-refractivity contribution >= 4 is 12.0 Å². The molecule has 2 heterocycles. The van der Waals surface area contributed by atoms with Crippen LogP contribution in [0.1, 0.15) is 84.1 Å². The lowest BCUT2D eigenvalue weighted by molar-refractivity contribution is -0.130. The van der Waals surface area contributed by atoms with Gasteiger partial charge in [0.1, 0.15) is 0 Å². The van der Waals surface area contributed by atoms with Gasteiger partial charge in [0.25, 0.3) is 0 Å². The molecule has 0 aromatic heterocycles. The number of carbonyl (C=O) groups excluding carboxylic acids is 2. The van der Waals surface area contributed by atoms with Gasteiger partial charge in [0.15, 0.2) is 0 Å². The molecular weight excluding hydrogens is 342 g/mol. The minimum absolute atomic E-state index is 0.152. The van der Waals surface area contributed by atoms with Gasteiger partial charge in [-0.05, 0) is 83.4 Å². The maximum Gasteiger partial charge on any atom is 0.409 e. The van der Waals surface area contributed by atoms with E-state index in [9.17, 15) is 9.59 Å². The smallest absolute Gasteiger partial charge is 0.409 e. The van der Waals surface area contributed by atoms with E-state index in [0.717, 1.165) is 12.8 Å². The largest absolute Gasteiger partial charge is 0.450 e. The van der Waals surface area contributed by atoms with Crippen LogP contribution < -0.4 is 5.32 Å². The van der Waals surface area contributed by atoms with Gasteiger partial charge in [-0.3, -0.25) is 4.79 Å². The summed E-state index contributed by atoms with van der Waals surface area (Å²) in [6.07, 6.45) is -7.75. The second kappa shape index (κ2) is 7.26. The van der Waals surface area contributed by atoms with Crippen LogP contribution in [-0.4, -0.2) is 66.1 Å². The van der Waals surface area contributed by atoms with Crippen LogP contribution >= 0.6 is 0 Å². The molecule has 1 N–H and O–H groups in total. The molecule has 6 heteroatoms. The molecule has 0 radical (unpaired) electrons. The van der Waals surface area contributed by atoms with Gasteiger partial charge in [-0.2, -0.15) is 0 Å². The molecule has 4 aliphatic rings. The molecule has 152 valence electrons. The van der Waals surface area contributed by atoms with E-state index >= 15 is 0 Å².